The lowest BCUT2D eigenvalue weighted by molar-refractivity contribution is -0.0901. The van der Waals surface area contributed by atoms with E-state index in [0.29, 0.717) is 19.8 Å². The quantitative estimate of drug-likeness (QED) is 0.689. The van der Waals surface area contributed by atoms with Crippen molar-refractivity contribution >= 4 is 0 Å². The number of ether oxygens (including phenoxy) is 2. The smallest absolute Gasteiger partial charge is 0.0807 e. The molecule has 0 aliphatic heterocycles. The molecule has 1 saturated carbocycles. The van der Waals surface area contributed by atoms with E-state index < -0.39 is 0 Å². The molecule has 15 heavy (non-hydrogen) atoms. The monoisotopic (exact) mass is 215 g/mol. The Morgan fingerprint density at radius 2 is 2.20 bits per heavy atom. The summed E-state index contributed by atoms with van der Waals surface area (Å²) in [6, 6.07) is 0. The van der Waals surface area contributed by atoms with E-state index in [1.54, 1.807) is 0 Å². The maximum atomic E-state index is 5.94. The van der Waals surface area contributed by atoms with Gasteiger partial charge in [-0.1, -0.05) is 19.8 Å². The van der Waals surface area contributed by atoms with E-state index in [4.69, 9.17) is 15.2 Å². The number of rotatable bonds is 6. The van der Waals surface area contributed by atoms with Crippen LogP contribution in [0.2, 0.25) is 0 Å². The van der Waals surface area contributed by atoms with Crippen molar-refractivity contribution in [2.24, 2.45) is 11.7 Å². The van der Waals surface area contributed by atoms with Crippen molar-refractivity contribution in [2.45, 2.75) is 45.1 Å². The molecule has 2 atom stereocenters. The third-order valence-corrected chi connectivity index (χ3v) is 3.26. The lowest BCUT2D eigenvalue weighted by Gasteiger charge is -2.39. The van der Waals surface area contributed by atoms with Gasteiger partial charge in [-0.25, -0.2) is 0 Å². The van der Waals surface area contributed by atoms with E-state index in [2.05, 4.69) is 6.92 Å². The molecule has 0 saturated heterocycles. The zero-order valence-electron chi connectivity index (χ0n) is 10.1. The minimum atomic E-state index is -0.0607. The molecule has 0 aromatic carbocycles. The van der Waals surface area contributed by atoms with Crippen molar-refractivity contribution in [3.8, 4) is 0 Å². The Hall–Kier alpha value is -0.120. The highest BCUT2D eigenvalue weighted by molar-refractivity contribution is 4.87. The molecule has 2 unspecified atom stereocenters. The fourth-order valence-electron chi connectivity index (χ4n) is 2.45. The molecule has 0 aromatic heterocycles. The summed E-state index contributed by atoms with van der Waals surface area (Å²) in [4.78, 5) is 0. The summed E-state index contributed by atoms with van der Waals surface area (Å²) < 4.78 is 11.2. The van der Waals surface area contributed by atoms with Crippen LogP contribution < -0.4 is 5.73 Å². The molecule has 1 aliphatic rings. The molecule has 0 amide bonds. The molecule has 0 aromatic rings. The third kappa shape index (κ3) is 4.09. The molecule has 0 radical (unpaired) electrons. The van der Waals surface area contributed by atoms with Crippen LogP contribution in [0.15, 0.2) is 0 Å². The van der Waals surface area contributed by atoms with Crippen molar-refractivity contribution in [3.05, 3.63) is 0 Å². The van der Waals surface area contributed by atoms with Gasteiger partial charge in [0.1, 0.15) is 0 Å². The van der Waals surface area contributed by atoms with Gasteiger partial charge < -0.3 is 15.2 Å². The summed E-state index contributed by atoms with van der Waals surface area (Å²) in [5, 5.41) is 0. The van der Waals surface area contributed by atoms with Crippen LogP contribution in [0.1, 0.15) is 39.5 Å². The Kier molecular flexibility index (Phi) is 5.58. The Labute approximate surface area is 93.3 Å². The molecule has 90 valence electrons. The zero-order valence-corrected chi connectivity index (χ0v) is 10.1. The first-order valence-corrected chi connectivity index (χ1v) is 6.14. The van der Waals surface area contributed by atoms with Crippen LogP contribution in [0.5, 0.6) is 0 Å². The molecule has 0 spiro atoms. The Morgan fingerprint density at radius 3 is 2.80 bits per heavy atom. The minimum Gasteiger partial charge on any atom is -0.379 e. The summed E-state index contributed by atoms with van der Waals surface area (Å²) in [6.45, 7) is 7.06. The third-order valence-electron chi connectivity index (χ3n) is 3.26. The Balaban J connectivity index is 2.31. The summed E-state index contributed by atoms with van der Waals surface area (Å²) in [7, 11) is 0. The predicted molar refractivity (Wildman–Crippen MR) is 61.9 cm³/mol. The van der Waals surface area contributed by atoms with E-state index in [-0.39, 0.29) is 5.60 Å². The van der Waals surface area contributed by atoms with Crippen LogP contribution >= 0.6 is 0 Å². The summed E-state index contributed by atoms with van der Waals surface area (Å²) in [5.41, 5.74) is 5.79. The van der Waals surface area contributed by atoms with Crippen LogP contribution in [0.3, 0.4) is 0 Å². The molecular formula is C12H25NO2. The van der Waals surface area contributed by atoms with Crippen molar-refractivity contribution in [2.75, 3.05) is 26.4 Å². The normalized spacial score (nSPS) is 31.8. The minimum absolute atomic E-state index is 0.0607. The van der Waals surface area contributed by atoms with Crippen LogP contribution in [-0.2, 0) is 9.47 Å². The number of hydrogen-bond donors (Lipinski definition) is 1. The predicted octanol–water partition coefficient (Wildman–Crippen LogP) is 1.95. The van der Waals surface area contributed by atoms with Gasteiger partial charge in [0, 0.05) is 13.2 Å². The fraction of sp³-hybridized carbons (Fsp3) is 1.00. The molecule has 3 nitrogen and oxygen atoms in total. The molecule has 0 heterocycles. The van der Waals surface area contributed by atoms with Crippen molar-refractivity contribution in [3.63, 3.8) is 0 Å². The van der Waals surface area contributed by atoms with Gasteiger partial charge in [0.05, 0.1) is 18.8 Å². The standard InChI is InChI=1S/C12H25NO2/c1-3-14-7-8-15-12(10-13)6-4-5-11(2)9-12/h11H,3-10,13H2,1-2H3. The second kappa shape index (κ2) is 6.46. The molecule has 1 rings (SSSR count). The van der Waals surface area contributed by atoms with Gasteiger partial charge in [0.2, 0.25) is 0 Å². The maximum absolute atomic E-state index is 5.94. The SMILES string of the molecule is CCOCCOC1(CN)CCCC(C)C1. The van der Waals surface area contributed by atoms with E-state index in [1.807, 2.05) is 6.92 Å². The van der Waals surface area contributed by atoms with Crippen molar-refractivity contribution in [1.82, 2.24) is 0 Å². The highest BCUT2D eigenvalue weighted by atomic mass is 16.5. The van der Waals surface area contributed by atoms with Gasteiger partial charge in [-0.3, -0.25) is 0 Å². The van der Waals surface area contributed by atoms with Crippen LogP contribution in [0, 0.1) is 5.92 Å². The van der Waals surface area contributed by atoms with Gasteiger partial charge in [-0.15, -0.1) is 0 Å². The molecule has 1 fully saturated rings. The topological polar surface area (TPSA) is 44.5 Å². The van der Waals surface area contributed by atoms with Gasteiger partial charge in [0.15, 0.2) is 0 Å². The largest absolute Gasteiger partial charge is 0.379 e. The lowest BCUT2D eigenvalue weighted by atomic mass is 9.79. The second-order valence-corrected chi connectivity index (χ2v) is 4.63. The van der Waals surface area contributed by atoms with Gasteiger partial charge in [0.25, 0.3) is 0 Å². The molecule has 3 heteroatoms. The van der Waals surface area contributed by atoms with Crippen molar-refractivity contribution in [1.29, 1.82) is 0 Å². The Morgan fingerprint density at radius 1 is 1.40 bits per heavy atom. The van der Waals surface area contributed by atoms with E-state index in [1.165, 1.54) is 12.8 Å². The van der Waals surface area contributed by atoms with Gasteiger partial charge >= 0.3 is 0 Å². The molecule has 1 aliphatic carbocycles. The van der Waals surface area contributed by atoms with Crippen LogP contribution in [0.25, 0.3) is 0 Å². The summed E-state index contributed by atoms with van der Waals surface area (Å²) in [6.07, 6.45) is 4.78. The first-order chi connectivity index (χ1) is 7.22. The summed E-state index contributed by atoms with van der Waals surface area (Å²) >= 11 is 0. The summed E-state index contributed by atoms with van der Waals surface area (Å²) in [5.74, 6) is 0.745. The zero-order chi connectivity index (χ0) is 11.1. The number of hydrogen-bond acceptors (Lipinski definition) is 3. The van der Waals surface area contributed by atoms with Crippen molar-refractivity contribution < 1.29 is 9.47 Å². The Bertz CT molecular complexity index is 175. The average molecular weight is 215 g/mol. The average Bonchev–Trinajstić information content (AvgIpc) is 2.25. The lowest BCUT2D eigenvalue weighted by Crippen LogP contribution is -2.45. The van der Waals surface area contributed by atoms with E-state index >= 15 is 0 Å². The first kappa shape index (κ1) is 12.9. The molecular weight excluding hydrogens is 190 g/mol. The highest BCUT2D eigenvalue weighted by Gasteiger charge is 2.34. The molecule has 0 bridgehead atoms. The highest BCUT2D eigenvalue weighted by Crippen LogP contribution is 2.34. The van der Waals surface area contributed by atoms with Crippen LogP contribution in [-0.4, -0.2) is 32.0 Å². The molecule has 2 N–H and O–H groups in total. The maximum Gasteiger partial charge on any atom is 0.0807 e. The van der Waals surface area contributed by atoms with E-state index in [0.717, 1.165) is 25.4 Å². The second-order valence-electron chi connectivity index (χ2n) is 4.63. The fourth-order valence-corrected chi connectivity index (χ4v) is 2.45. The van der Waals surface area contributed by atoms with Crippen LogP contribution in [0.4, 0.5) is 0 Å². The van der Waals surface area contributed by atoms with E-state index in [9.17, 15) is 0 Å². The van der Waals surface area contributed by atoms with Gasteiger partial charge in [-0.2, -0.15) is 0 Å². The first-order valence-electron chi connectivity index (χ1n) is 6.14. The van der Waals surface area contributed by atoms with Gasteiger partial charge in [-0.05, 0) is 25.7 Å². The number of nitrogens with two attached hydrogens (primary N) is 1.